The lowest BCUT2D eigenvalue weighted by molar-refractivity contribution is 0.153. The maximum absolute atomic E-state index is 8.38. The van der Waals surface area contributed by atoms with Gasteiger partial charge in [-0.1, -0.05) is 0 Å². The van der Waals surface area contributed by atoms with Gasteiger partial charge in [0.25, 0.3) is 0 Å². The third-order valence-corrected chi connectivity index (χ3v) is 0.549. The molecule has 0 aliphatic rings. The van der Waals surface area contributed by atoms with E-state index in [4.69, 9.17) is 10.3 Å². The van der Waals surface area contributed by atoms with E-state index in [9.17, 15) is 0 Å². The van der Waals surface area contributed by atoms with Crippen molar-refractivity contribution in [2.45, 2.75) is 0 Å². The van der Waals surface area contributed by atoms with Crippen LogP contribution in [-0.2, 0) is 0 Å². The summed E-state index contributed by atoms with van der Waals surface area (Å²) < 4.78 is 0.403. The van der Waals surface area contributed by atoms with Crippen LogP contribution >= 0.6 is 0 Å². The predicted molar refractivity (Wildman–Crippen MR) is 19.9 cm³/mol. The summed E-state index contributed by atoms with van der Waals surface area (Å²) in [5.41, 5.74) is 0. The number of hydrogen-bond acceptors (Lipinski definition) is 3. The fraction of sp³-hybridized carbons (Fsp3) is 0. The zero-order valence-electron chi connectivity index (χ0n) is 3.37. The summed E-state index contributed by atoms with van der Waals surface area (Å²) in [6.07, 6.45) is 3.12. The van der Waals surface area contributed by atoms with Crippen molar-refractivity contribution in [1.29, 1.82) is 0 Å². The second kappa shape index (κ2) is 1.14. The van der Waals surface area contributed by atoms with Crippen molar-refractivity contribution in [2.24, 2.45) is 0 Å². The smallest absolute Gasteiger partial charge is 0.246 e. The van der Waals surface area contributed by atoms with Gasteiger partial charge in [-0.25, -0.2) is 4.98 Å². The standard InChI is InChI=1S/C3H3N2O2/c6-3-1-4-2-5(3)7/h1,6-7H. The third kappa shape index (κ3) is 0.489. The number of imidazole rings is 1. The Morgan fingerprint density at radius 2 is 2.57 bits per heavy atom. The minimum atomic E-state index is -0.306. The van der Waals surface area contributed by atoms with Crippen molar-refractivity contribution in [1.82, 2.24) is 9.71 Å². The number of nitrogens with zero attached hydrogens (tertiary/aromatic N) is 2. The Kier molecular flexibility index (Phi) is 0.651. The summed E-state index contributed by atoms with van der Waals surface area (Å²) in [7, 11) is 0. The van der Waals surface area contributed by atoms with Gasteiger partial charge in [-0.2, -0.15) is 0 Å². The van der Waals surface area contributed by atoms with Crippen LogP contribution in [0.2, 0.25) is 0 Å². The minimum absolute atomic E-state index is 0.306. The maximum atomic E-state index is 8.38. The monoisotopic (exact) mass is 99.0 g/mol. The Morgan fingerprint density at radius 1 is 1.86 bits per heavy atom. The largest absolute Gasteiger partial charge is 0.491 e. The predicted octanol–water partition coefficient (Wildman–Crippen LogP) is -0.374. The summed E-state index contributed by atoms with van der Waals surface area (Å²) in [5, 5.41) is 16.7. The lowest BCUT2D eigenvalue weighted by atomic mass is 10.9. The molecule has 0 atom stereocenters. The van der Waals surface area contributed by atoms with E-state index in [2.05, 4.69) is 4.98 Å². The van der Waals surface area contributed by atoms with E-state index < -0.39 is 0 Å². The van der Waals surface area contributed by atoms with E-state index in [0.717, 1.165) is 6.20 Å². The molecule has 0 aliphatic carbocycles. The Bertz CT molecular complexity index is 143. The number of aromatic nitrogens is 2. The Hall–Kier alpha value is -1.19. The molecule has 2 N–H and O–H groups in total. The van der Waals surface area contributed by atoms with E-state index in [0.29, 0.717) is 4.73 Å². The van der Waals surface area contributed by atoms with Crippen LogP contribution < -0.4 is 0 Å². The summed E-state index contributed by atoms with van der Waals surface area (Å²) in [5.74, 6) is -0.306. The van der Waals surface area contributed by atoms with Crippen molar-refractivity contribution in [3.63, 3.8) is 0 Å². The van der Waals surface area contributed by atoms with Crippen LogP contribution in [0.1, 0.15) is 0 Å². The Balaban J connectivity index is 3.12. The quantitative estimate of drug-likeness (QED) is 0.436. The molecular formula is C3H3N2O2. The van der Waals surface area contributed by atoms with Crippen molar-refractivity contribution >= 4 is 0 Å². The lowest BCUT2D eigenvalue weighted by Gasteiger charge is -1.83. The molecule has 7 heavy (non-hydrogen) atoms. The van der Waals surface area contributed by atoms with Crippen LogP contribution in [0, 0.1) is 6.33 Å². The maximum Gasteiger partial charge on any atom is 0.246 e. The van der Waals surface area contributed by atoms with Gasteiger partial charge >= 0.3 is 0 Å². The first-order valence-electron chi connectivity index (χ1n) is 1.64. The molecule has 1 aromatic heterocycles. The highest BCUT2D eigenvalue weighted by Crippen LogP contribution is 1.99. The average molecular weight is 99.1 g/mol. The van der Waals surface area contributed by atoms with E-state index in [-0.39, 0.29) is 5.88 Å². The first kappa shape index (κ1) is 3.98. The van der Waals surface area contributed by atoms with Gasteiger partial charge in [0.15, 0.2) is 0 Å². The van der Waals surface area contributed by atoms with Gasteiger partial charge in [-0.05, 0) is 0 Å². The molecule has 0 bridgehead atoms. The summed E-state index contributed by atoms with van der Waals surface area (Å²) in [6.45, 7) is 0. The van der Waals surface area contributed by atoms with Crippen molar-refractivity contribution in [3.05, 3.63) is 12.5 Å². The molecule has 0 spiro atoms. The van der Waals surface area contributed by atoms with Gasteiger partial charge in [0.05, 0.1) is 6.20 Å². The van der Waals surface area contributed by atoms with Gasteiger partial charge in [-0.15, -0.1) is 4.73 Å². The van der Waals surface area contributed by atoms with Gasteiger partial charge in [0, 0.05) is 0 Å². The molecule has 0 aliphatic heterocycles. The molecule has 1 aromatic rings. The van der Waals surface area contributed by atoms with Gasteiger partial charge in [-0.3, -0.25) is 0 Å². The van der Waals surface area contributed by atoms with E-state index in [1.807, 2.05) is 6.33 Å². The van der Waals surface area contributed by atoms with Crippen molar-refractivity contribution in [2.75, 3.05) is 0 Å². The highest BCUT2D eigenvalue weighted by atomic mass is 16.5. The van der Waals surface area contributed by atoms with Gasteiger partial charge < -0.3 is 10.3 Å². The van der Waals surface area contributed by atoms with Gasteiger partial charge in [0.2, 0.25) is 12.2 Å². The first-order valence-corrected chi connectivity index (χ1v) is 1.64. The summed E-state index contributed by atoms with van der Waals surface area (Å²) >= 11 is 0. The number of hydrogen-bond donors (Lipinski definition) is 2. The van der Waals surface area contributed by atoms with E-state index >= 15 is 0 Å². The van der Waals surface area contributed by atoms with Crippen LogP contribution in [0.3, 0.4) is 0 Å². The van der Waals surface area contributed by atoms with Crippen LogP contribution in [0.25, 0.3) is 0 Å². The molecule has 4 nitrogen and oxygen atoms in total. The third-order valence-electron chi connectivity index (χ3n) is 0.549. The molecule has 0 saturated heterocycles. The Morgan fingerprint density at radius 3 is 2.71 bits per heavy atom. The number of rotatable bonds is 0. The number of aromatic hydroxyl groups is 1. The molecule has 1 heterocycles. The average Bonchev–Trinajstić information content (AvgIpc) is 1.91. The second-order valence-corrected chi connectivity index (χ2v) is 1.03. The molecule has 0 fully saturated rings. The summed E-state index contributed by atoms with van der Waals surface area (Å²) in [6, 6.07) is 0. The minimum Gasteiger partial charge on any atom is -0.491 e. The zero-order chi connectivity index (χ0) is 5.28. The summed E-state index contributed by atoms with van der Waals surface area (Å²) in [4.78, 5) is 3.26. The fourth-order valence-electron chi connectivity index (χ4n) is 0.247. The lowest BCUT2D eigenvalue weighted by Crippen LogP contribution is -1.83. The highest BCUT2D eigenvalue weighted by Gasteiger charge is 1.91. The zero-order valence-corrected chi connectivity index (χ0v) is 3.37. The van der Waals surface area contributed by atoms with Crippen LogP contribution in [-0.4, -0.2) is 20.0 Å². The van der Waals surface area contributed by atoms with Crippen molar-refractivity contribution in [3.8, 4) is 5.88 Å². The molecule has 0 saturated carbocycles. The van der Waals surface area contributed by atoms with Crippen LogP contribution in [0.4, 0.5) is 0 Å². The molecule has 0 unspecified atom stereocenters. The normalized spacial score (nSPS) is 9.14. The van der Waals surface area contributed by atoms with Gasteiger partial charge in [0.1, 0.15) is 0 Å². The molecular weight excluding hydrogens is 96.0 g/mol. The molecule has 0 amide bonds. The fourth-order valence-corrected chi connectivity index (χ4v) is 0.247. The van der Waals surface area contributed by atoms with Crippen molar-refractivity contribution < 1.29 is 10.3 Å². The Labute approximate surface area is 39.6 Å². The molecule has 37 valence electrons. The highest BCUT2D eigenvalue weighted by molar-refractivity contribution is 4.98. The first-order chi connectivity index (χ1) is 3.30. The second-order valence-electron chi connectivity index (χ2n) is 1.03. The molecule has 1 radical (unpaired) electrons. The molecule has 0 aromatic carbocycles. The van der Waals surface area contributed by atoms with Crippen LogP contribution in [0.15, 0.2) is 6.20 Å². The molecule has 4 heteroatoms. The van der Waals surface area contributed by atoms with E-state index in [1.54, 1.807) is 0 Å². The SMILES string of the molecule is Oc1cn[c]n1O. The van der Waals surface area contributed by atoms with Crippen LogP contribution in [0.5, 0.6) is 5.88 Å². The topological polar surface area (TPSA) is 58.3 Å². The van der Waals surface area contributed by atoms with E-state index in [1.165, 1.54) is 0 Å². The molecule has 1 rings (SSSR count).